The number of carbonyl (C=O) groups excluding carboxylic acids is 2. The standard InChI is InChI=1S/C20H9ClF4N2O4/c21-10-7-8-15(27(30)31)16(9-10)26(19(28)17-11(22)3-1-4-12(17)23)20(29)18-13(24)5-2-6-14(18)25/h1-9H. The Labute approximate surface area is 176 Å². The molecule has 0 spiro atoms. The highest BCUT2D eigenvalue weighted by Gasteiger charge is 2.36. The molecule has 0 aliphatic rings. The maximum absolute atomic E-state index is 14.2. The van der Waals surface area contributed by atoms with Crippen molar-refractivity contribution in [3.8, 4) is 0 Å². The highest BCUT2D eigenvalue weighted by atomic mass is 35.5. The number of halogens is 5. The zero-order valence-corrected chi connectivity index (χ0v) is 15.9. The van der Waals surface area contributed by atoms with Crippen LogP contribution in [0.4, 0.5) is 28.9 Å². The summed E-state index contributed by atoms with van der Waals surface area (Å²) < 4.78 is 56.9. The van der Waals surface area contributed by atoms with E-state index in [1.807, 2.05) is 0 Å². The Bertz CT molecular complexity index is 1130. The second kappa shape index (κ2) is 8.52. The van der Waals surface area contributed by atoms with E-state index in [1.165, 1.54) is 0 Å². The Hall–Kier alpha value is -3.79. The number of carbonyl (C=O) groups is 2. The van der Waals surface area contributed by atoms with E-state index >= 15 is 0 Å². The van der Waals surface area contributed by atoms with Crippen LogP contribution in [0.5, 0.6) is 0 Å². The van der Waals surface area contributed by atoms with E-state index in [2.05, 4.69) is 0 Å². The molecule has 0 bridgehead atoms. The van der Waals surface area contributed by atoms with Gasteiger partial charge in [-0.2, -0.15) is 0 Å². The number of hydrogen-bond donors (Lipinski definition) is 0. The lowest BCUT2D eigenvalue weighted by Crippen LogP contribution is -2.39. The molecular weight excluding hydrogens is 444 g/mol. The molecule has 2 amide bonds. The second-order valence-corrected chi connectivity index (χ2v) is 6.47. The van der Waals surface area contributed by atoms with Gasteiger partial charge in [0.2, 0.25) is 0 Å². The van der Waals surface area contributed by atoms with Crippen LogP contribution in [0.25, 0.3) is 0 Å². The number of amides is 2. The molecule has 0 heterocycles. The lowest BCUT2D eigenvalue weighted by Gasteiger charge is -2.22. The molecular formula is C20H9ClF4N2O4. The molecule has 6 nitrogen and oxygen atoms in total. The zero-order chi connectivity index (χ0) is 22.9. The fourth-order valence-corrected chi connectivity index (χ4v) is 2.94. The first kappa shape index (κ1) is 21.9. The molecule has 0 N–H and O–H groups in total. The van der Waals surface area contributed by atoms with Crippen LogP contribution >= 0.6 is 11.6 Å². The van der Waals surface area contributed by atoms with Gasteiger partial charge in [0.1, 0.15) is 40.1 Å². The van der Waals surface area contributed by atoms with Crippen molar-refractivity contribution in [2.75, 3.05) is 4.90 Å². The lowest BCUT2D eigenvalue weighted by atomic mass is 10.1. The lowest BCUT2D eigenvalue weighted by molar-refractivity contribution is -0.384. The number of hydrogen-bond acceptors (Lipinski definition) is 4. The van der Waals surface area contributed by atoms with Gasteiger partial charge >= 0.3 is 0 Å². The van der Waals surface area contributed by atoms with Gasteiger partial charge in [0.05, 0.1) is 4.92 Å². The zero-order valence-electron chi connectivity index (χ0n) is 15.1. The molecule has 0 saturated carbocycles. The van der Waals surface area contributed by atoms with Gasteiger partial charge in [0.15, 0.2) is 0 Å². The monoisotopic (exact) mass is 452 g/mol. The summed E-state index contributed by atoms with van der Waals surface area (Å²) in [5.74, 6) is -9.06. The minimum atomic E-state index is -1.73. The van der Waals surface area contributed by atoms with E-state index in [9.17, 15) is 37.3 Å². The second-order valence-electron chi connectivity index (χ2n) is 6.03. The maximum atomic E-state index is 14.2. The normalized spacial score (nSPS) is 10.6. The van der Waals surface area contributed by atoms with Gasteiger partial charge in [-0.05, 0) is 36.4 Å². The molecule has 3 aromatic carbocycles. The van der Waals surface area contributed by atoms with Gasteiger partial charge in [-0.1, -0.05) is 23.7 Å². The van der Waals surface area contributed by atoms with Gasteiger partial charge in [-0.15, -0.1) is 0 Å². The predicted molar refractivity (Wildman–Crippen MR) is 102 cm³/mol. The van der Waals surface area contributed by atoms with E-state index < -0.39 is 62.5 Å². The van der Waals surface area contributed by atoms with Gasteiger partial charge in [-0.25, -0.2) is 22.5 Å². The Balaban J connectivity index is 2.33. The van der Waals surface area contributed by atoms with Gasteiger partial charge in [0, 0.05) is 11.1 Å². The Morgan fingerprint density at radius 2 is 1.23 bits per heavy atom. The first-order valence-electron chi connectivity index (χ1n) is 8.34. The summed E-state index contributed by atoms with van der Waals surface area (Å²) in [7, 11) is 0. The third kappa shape index (κ3) is 4.10. The van der Waals surface area contributed by atoms with Crippen LogP contribution < -0.4 is 4.90 Å². The van der Waals surface area contributed by atoms with Crippen molar-refractivity contribution in [2.24, 2.45) is 0 Å². The molecule has 3 aromatic rings. The fourth-order valence-electron chi connectivity index (χ4n) is 2.77. The first-order chi connectivity index (χ1) is 14.6. The number of nitro groups is 1. The molecule has 11 heteroatoms. The van der Waals surface area contributed by atoms with Crippen molar-refractivity contribution in [1.29, 1.82) is 0 Å². The van der Waals surface area contributed by atoms with Crippen molar-refractivity contribution < 1.29 is 32.1 Å². The third-order valence-electron chi connectivity index (χ3n) is 4.13. The minimum absolute atomic E-state index is 0.0903. The topological polar surface area (TPSA) is 80.5 Å². The summed E-state index contributed by atoms with van der Waals surface area (Å²) in [6.45, 7) is 0. The van der Waals surface area contributed by atoms with E-state index in [1.54, 1.807) is 0 Å². The highest BCUT2D eigenvalue weighted by molar-refractivity contribution is 6.32. The fraction of sp³-hybridized carbons (Fsp3) is 0. The van der Waals surface area contributed by atoms with E-state index in [0.717, 1.165) is 30.3 Å². The quantitative estimate of drug-likeness (QED) is 0.233. The first-order valence-corrected chi connectivity index (χ1v) is 8.72. The smallest absolute Gasteiger partial charge is 0.268 e. The summed E-state index contributed by atoms with van der Waals surface area (Å²) >= 11 is 5.82. The minimum Gasteiger partial charge on any atom is -0.268 e. The predicted octanol–water partition coefficient (Wildman–Crippen LogP) is 5.29. The molecule has 0 aliphatic heterocycles. The summed E-state index contributed by atoms with van der Waals surface area (Å²) in [6.07, 6.45) is 0. The highest BCUT2D eigenvalue weighted by Crippen LogP contribution is 2.34. The molecule has 3 rings (SSSR count). The maximum Gasteiger partial charge on any atom is 0.293 e. The van der Waals surface area contributed by atoms with Crippen LogP contribution in [0.1, 0.15) is 20.7 Å². The molecule has 0 saturated heterocycles. The summed E-state index contributed by atoms with van der Waals surface area (Å²) in [5.41, 5.74) is -4.24. The van der Waals surface area contributed by atoms with E-state index in [0.29, 0.717) is 24.3 Å². The number of imide groups is 1. The van der Waals surface area contributed by atoms with Crippen molar-refractivity contribution in [3.63, 3.8) is 0 Å². The van der Waals surface area contributed by atoms with E-state index in [4.69, 9.17) is 11.6 Å². The van der Waals surface area contributed by atoms with E-state index in [-0.39, 0.29) is 9.92 Å². The van der Waals surface area contributed by atoms with Crippen molar-refractivity contribution in [2.45, 2.75) is 0 Å². The average molecular weight is 453 g/mol. The molecule has 0 unspecified atom stereocenters. The van der Waals surface area contributed by atoms with Crippen molar-refractivity contribution >= 4 is 34.8 Å². The van der Waals surface area contributed by atoms with Gasteiger partial charge in [-0.3, -0.25) is 19.7 Å². The Kier molecular flexibility index (Phi) is 6.02. The largest absolute Gasteiger partial charge is 0.293 e. The van der Waals surface area contributed by atoms with Gasteiger partial charge < -0.3 is 0 Å². The van der Waals surface area contributed by atoms with Crippen LogP contribution in [0, 0.1) is 33.4 Å². The number of benzene rings is 3. The molecule has 0 radical (unpaired) electrons. The van der Waals surface area contributed by atoms with Crippen LogP contribution in [0.2, 0.25) is 5.02 Å². The Morgan fingerprint density at radius 1 is 0.806 bits per heavy atom. The molecule has 0 aliphatic carbocycles. The van der Waals surface area contributed by atoms with Gasteiger partial charge in [0.25, 0.3) is 17.5 Å². The molecule has 0 aromatic heterocycles. The molecule has 31 heavy (non-hydrogen) atoms. The molecule has 0 fully saturated rings. The van der Waals surface area contributed by atoms with Crippen LogP contribution in [0.15, 0.2) is 54.6 Å². The van der Waals surface area contributed by atoms with Crippen molar-refractivity contribution in [1.82, 2.24) is 0 Å². The number of nitrogens with zero attached hydrogens (tertiary/aromatic N) is 2. The molecule has 0 atom stereocenters. The third-order valence-corrected chi connectivity index (χ3v) is 4.37. The van der Waals surface area contributed by atoms with Crippen LogP contribution in [-0.2, 0) is 0 Å². The SMILES string of the molecule is O=C(c1c(F)cccc1F)N(C(=O)c1c(F)cccc1F)c1cc(Cl)ccc1[N+](=O)[O-]. The summed E-state index contributed by atoms with van der Waals surface area (Å²) in [4.78, 5) is 36.4. The average Bonchev–Trinajstić information content (AvgIpc) is 2.67. The van der Waals surface area contributed by atoms with Crippen LogP contribution in [-0.4, -0.2) is 16.7 Å². The summed E-state index contributed by atoms with van der Waals surface area (Å²) in [5, 5.41) is 11.2. The van der Waals surface area contributed by atoms with Crippen LogP contribution in [0.3, 0.4) is 0 Å². The molecule has 158 valence electrons. The van der Waals surface area contributed by atoms with Crippen molar-refractivity contribution in [3.05, 3.63) is 104 Å². The number of anilines is 1. The number of nitro benzene ring substituents is 1. The number of rotatable bonds is 4. The Morgan fingerprint density at radius 3 is 1.61 bits per heavy atom. The summed E-state index contributed by atoms with van der Waals surface area (Å²) in [6, 6.07) is 7.35.